The average molecular weight is 357 g/mol. The summed E-state index contributed by atoms with van der Waals surface area (Å²) < 4.78 is 6.01. The number of carbonyl (C=O) groups excluding carboxylic acids is 1. The minimum atomic E-state index is -0.798. The van der Waals surface area contributed by atoms with Crippen LogP contribution in [0.25, 0.3) is 6.08 Å². The monoisotopic (exact) mass is 357 g/mol. The summed E-state index contributed by atoms with van der Waals surface area (Å²) in [6.07, 6.45) is 4.58. The van der Waals surface area contributed by atoms with Crippen LogP contribution in [-0.4, -0.2) is 33.9 Å². The molecular formula is C17H19N5O4. The summed E-state index contributed by atoms with van der Waals surface area (Å²) in [4.78, 5) is 22.4. The van der Waals surface area contributed by atoms with Gasteiger partial charge in [0.05, 0.1) is 18.2 Å². The van der Waals surface area contributed by atoms with Crippen LogP contribution in [0.5, 0.6) is 5.88 Å². The third kappa shape index (κ3) is 4.76. The van der Waals surface area contributed by atoms with Gasteiger partial charge in [0, 0.05) is 0 Å². The summed E-state index contributed by atoms with van der Waals surface area (Å²) in [5.74, 6) is -0.617. The molecule has 1 amide bonds. The summed E-state index contributed by atoms with van der Waals surface area (Å²) >= 11 is 0. The van der Waals surface area contributed by atoms with Crippen LogP contribution in [0.3, 0.4) is 0 Å². The quantitative estimate of drug-likeness (QED) is 0.465. The van der Waals surface area contributed by atoms with E-state index in [2.05, 4.69) is 15.6 Å². The number of nitrogens with one attached hydrogen (secondary N) is 1. The van der Waals surface area contributed by atoms with Crippen LogP contribution in [0.4, 0.5) is 5.69 Å². The number of hydrogen-bond acceptors (Lipinski definition) is 6. The van der Waals surface area contributed by atoms with Crippen molar-refractivity contribution < 1.29 is 14.5 Å². The van der Waals surface area contributed by atoms with E-state index in [0.717, 1.165) is 22.0 Å². The van der Waals surface area contributed by atoms with Crippen molar-refractivity contribution in [2.75, 3.05) is 7.11 Å². The molecule has 0 aliphatic carbocycles. The Kier molecular flexibility index (Phi) is 6.20. The van der Waals surface area contributed by atoms with Crippen LogP contribution in [-0.2, 0) is 4.79 Å². The maximum Gasteiger partial charge on any atom is 0.350 e. The zero-order valence-electron chi connectivity index (χ0n) is 14.6. The molecule has 0 radical (unpaired) electrons. The van der Waals surface area contributed by atoms with Gasteiger partial charge in [-0.2, -0.15) is 5.10 Å². The first-order valence-electron chi connectivity index (χ1n) is 7.76. The molecule has 9 nitrogen and oxygen atoms in total. The van der Waals surface area contributed by atoms with E-state index < -0.39 is 16.9 Å². The number of nitrogens with zero attached hydrogens (tertiary/aromatic N) is 4. The summed E-state index contributed by atoms with van der Waals surface area (Å²) in [6.45, 7) is 3.40. The first-order valence-corrected chi connectivity index (χ1v) is 7.76. The van der Waals surface area contributed by atoms with Gasteiger partial charge in [0.15, 0.2) is 0 Å². The molecule has 1 atom stereocenters. The maximum absolute atomic E-state index is 12.1. The molecule has 2 rings (SSSR count). The Balaban J connectivity index is 2.01. The van der Waals surface area contributed by atoms with Crippen molar-refractivity contribution in [3.8, 4) is 5.88 Å². The molecule has 26 heavy (non-hydrogen) atoms. The highest BCUT2D eigenvalue weighted by atomic mass is 16.6. The number of hydrazone groups is 1. The molecule has 9 heteroatoms. The molecule has 0 aliphatic rings. The number of carbonyl (C=O) groups is 1. The molecule has 2 aromatic rings. The van der Waals surface area contributed by atoms with Crippen LogP contribution < -0.4 is 10.2 Å². The largest absolute Gasteiger partial charge is 0.475 e. The summed E-state index contributed by atoms with van der Waals surface area (Å²) in [6, 6.07) is 8.89. The van der Waals surface area contributed by atoms with Gasteiger partial charge in [-0.3, -0.25) is 14.9 Å². The Morgan fingerprint density at radius 3 is 2.69 bits per heavy atom. The van der Waals surface area contributed by atoms with Gasteiger partial charge in [0.25, 0.3) is 5.91 Å². The number of amides is 1. The standard InChI is InChI=1S/C17H19N5O4/c1-12(9-14-7-5-4-6-8-14)10-18-19-16(23)13(2)21-11-15(22(24)25)17(20-21)26-3/h4-11,13H,1-3H3,(H,19,23)/b12-9+,18-10?/t13-/m1/s1. The van der Waals surface area contributed by atoms with E-state index >= 15 is 0 Å². The van der Waals surface area contributed by atoms with Gasteiger partial charge in [-0.1, -0.05) is 36.4 Å². The number of rotatable bonds is 7. The fourth-order valence-corrected chi connectivity index (χ4v) is 2.10. The maximum atomic E-state index is 12.1. The second kappa shape index (κ2) is 8.56. The van der Waals surface area contributed by atoms with E-state index in [1.807, 2.05) is 43.3 Å². The summed E-state index contributed by atoms with van der Waals surface area (Å²) in [5, 5.41) is 18.7. The number of nitro groups is 1. The Morgan fingerprint density at radius 1 is 1.42 bits per heavy atom. The summed E-state index contributed by atoms with van der Waals surface area (Å²) in [7, 11) is 1.27. The second-order valence-electron chi connectivity index (χ2n) is 5.47. The summed E-state index contributed by atoms with van der Waals surface area (Å²) in [5.41, 5.74) is 3.95. The molecule has 0 unspecified atom stereocenters. The van der Waals surface area contributed by atoms with E-state index in [9.17, 15) is 14.9 Å². The van der Waals surface area contributed by atoms with Crippen molar-refractivity contribution in [2.24, 2.45) is 5.10 Å². The fourth-order valence-electron chi connectivity index (χ4n) is 2.10. The smallest absolute Gasteiger partial charge is 0.350 e. The van der Waals surface area contributed by atoms with E-state index in [-0.39, 0.29) is 11.6 Å². The minimum Gasteiger partial charge on any atom is -0.475 e. The third-order valence-corrected chi connectivity index (χ3v) is 3.48. The molecule has 1 heterocycles. The van der Waals surface area contributed by atoms with Crippen molar-refractivity contribution in [1.82, 2.24) is 15.2 Å². The first-order chi connectivity index (χ1) is 12.4. The highest BCUT2D eigenvalue weighted by Crippen LogP contribution is 2.25. The third-order valence-electron chi connectivity index (χ3n) is 3.48. The van der Waals surface area contributed by atoms with E-state index in [1.165, 1.54) is 13.3 Å². The van der Waals surface area contributed by atoms with E-state index in [0.29, 0.717) is 0 Å². The van der Waals surface area contributed by atoms with Crippen molar-refractivity contribution in [3.05, 3.63) is 57.8 Å². The highest BCUT2D eigenvalue weighted by molar-refractivity contribution is 5.86. The van der Waals surface area contributed by atoms with Gasteiger partial charge in [-0.05, 0) is 25.0 Å². The van der Waals surface area contributed by atoms with Crippen molar-refractivity contribution in [1.29, 1.82) is 0 Å². The Bertz CT molecular complexity index is 842. The molecule has 0 fully saturated rings. The van der Waals surface area contributed by atoms with Crippen molar-refractivity contribution in [2.45, 2.75) is 19.9 Å². The van der Waals surface area contributed by atoms with E-state index in [1.54, 1.807) is 6.92 Å². The fraction of sp³-hybridized carbons (Fsp3) is 0.235. The zero-order chi connectivity index (χ0) is 19.1. The van der Waals surface area contributed by atoms with Crippen LogP contribution in [0, 0.1) is 10.1 Å². The Morgan fingerprint density at radius 2 is 2.12 bits per heavy atom. The minimum absolute atomic E-state index is 0.153. The molecule has 136 valence electrons. The molecule has 1 N–H and O–H groups in total. The normalized spacial score (nSPS) is 12.8. The lowest BCUT2D eigenvalue weighted by Gasteiger charge is -2.09. The predicted octanol–water partition coefficient (Wildman–Crippen LogP) is 2.57. The molecule has 0 saturated heterocycles. The second-order valence-corrected chi connectivity index (χ2v) is 5.47. The zero-order valence-corrected chi connectivity index (χ0v) is 14.6. The number of benzene rings is 1. The number of aromatic nitrogens is 2. The highest BCUT2D eigenvalue weighted by Gasteiger charge is 2.25. The lowest BCUT2D eigenvalue weighted by atomic mass is 10.1. The van der Waals surface area contributed by atoms with E-state index in [4.69, 9.17) is 4.74 Å². The SMILES string of the molecule is COc1nn([C@H](C)C(=O)NN=C/C(C)=C/c2ccccc2)cc1[N+](=O)[O-]. The number of hydrogen-bond donors (Lipinski definition) is 1. The molecule has 0 bridgehead atoms. The van der Waals surface area contributed by atoms with Gasteiger partial charge in [-0.25, -0.2) is 10.1 Å². The number of methoxy groups -OCH3 is 1. The number of allylic oxidation sites excluding steroid dienone is 1. The van der Waals surface area contributed by atoms with Crippen molar-refractivity contribution in [3.63, 3.8) is 0 Å². The van der Waals surface area contributed by atoms with Gasteiger partial charge >= 0.3 is 11.6 Å². The van der Waals surface area contributed by atoms with Crippen LogP contribution >= 0.6 is 0 Å². The Hall–Kier alpha value is -3.49. The van der Waals surface area contributed by atoms with Gasteiger partial charge in [-0.15, -0.1) is 5.10 Å². The molecule has 0 saturated carbocycles. The molecular weight excluding hydrogens is 338 g/mol. The van der Waals surface area contributed by atoms with Gasteiger partial charge in [0.2, 0.25) is 0 Å². The van der Waals surface area contributed by atoms with Gasteiger partial charge < -0.3 is 4.74 Å². The lowest BCUT2D eigenvalue weighted by Crippen LogP contribution is -2.27. The lowest BCUT2D eigenvalue weighted by molar-refractivity contribution is -0.385. The van der Waals surface area contributed by atoms with Crippen LogP contribution in [0.2, 0.25) is 0 Å². The van der Waals surface area contributed by atoms with Crippen LogP contribution in [0.1, 0.15) is 25.5 Å². The number of ether oxygens (including phenoxy) is 1. The molecule has 1 aromatic heterocycles. The predicted molar refractivity (Wildman–Crippen MR) is 96.9 cm³/mol. The molecule has 0 aliphatic heterocycles. The molecule has 1 aromatic carbocycles. The van der Waals surface area contributed by atoms with Crippen LogP contribution in [0.15, 0.2) is 47.2 Å². The topological polar surface area (TPSA) is 112 Å². The molecule has 0 spiro atoms. The van der Waals surface area contributed by atoms with Crippen molar-refractivity contribution >= 4 is 23.9 Å². The average Bonchev–Trinajstić information content (AvgIpc) is 3.06. The first kappa shape index (κ1) is 18.8. The van der Waals surface area contributed by atoms with Gasteiger partial charge in [0.1, 0.15) is 12.2 Å². The Labute approximate surface area is 150 Å².